The van der Waals surface area contributed by atoms with E-state index in [-0.39, 0.29) is 11.9 Å². The van der Waals surface area contributed by atoms with Crippen molar-refractivity contribution in [1.82, 2.24) is 4.90 Å². The average Bonchev–Trinajstić information content (AvgIpc) is 2.90. The number of benzene rings is 2. The monoisotopic (exact) mass is 386 g/mol. The molecule has 5 nitrogen and oxygen atoms in total. The van der Waals surface area contributed by atoms with Crippen molar-refractivity contribution in [1.29, 1.82) is 0 Å². The number of sulfonamides is 1. The van der Waals surface area contributed by atoms with Crippen molar-refractivity contribution in [2.24, 2.45) is 5.92 Å². The molecule has 0 unspecified atom stereocenters. The van der Waals surface area contributed by atoms with Gasteiger partial charge in [-0.25, -0.2) is 8.42 Å². The van der Waals surface area contributed by atoms with Crippen molar-refractivity contribution in [2.75, 3.05) is 11.0 Å². The van der Waals surface area contributed by atoms with Crippen molar-refractivity contribution in [3.63, 3.8) is 0 Å². The molecule has 0 aromatic heterocycles. The van der Waals surface area contributed by atoms with Crippen LogP contribution in [0.25, 0.3) is 11.1 Å². The zero-order chi connectivity index (χ0) is 19.9. The first-order valence-electron chi connectivity index (χ1n) is 9.09. The zero-order valence-electron chi connectivity index (χ0n) is 16.4. The van der Waals surface area contributed by atoms with Gasteiger partial charge in [0.2, 0.25) is 10.0 Å². The molecule has 6 heteroatoms. The van der Waals surface area contributed by atoms with E-state index in [9.17, 15) is 13.2 Å². The third-order valence-electron chi connectivity index (χ3n) is 5.19. The fourth-order valence-corrected chi connectivity index (χ4v) is 4.08. The van der Waals surface area contributed by atoms with E-state index in [0.717, 1.165) is 34.1 Å². The van der Waals surface area contributed by atoms with Crippen LogP contribution < -0.4 is 4.72 Å². The van der Waals surface area contributed by atoms with Crippen LogP contribution in [0.5, 0.6) is 0 Å². The smallest absolute Gasteiger partial charge is 0.255 e. The minimum absolute atomic E-state index is 0.0998. The number of hydrogen-bond donors (Lipinski definition) is 1. The Morgan fingerprint density at radius 3 is 2.41 bits per heavy atom. The molecule has 1 N–H and O–H groups in total. The Hall–Kier alpha value is -2.34. The lowest BCUT2D eigenvalue weighted by atomic mass is 9.96. The Bertz CT molecular complexity index is 996. The quantitative estimate of drug-likeness (QED) is 0.843. The van der Waals surface area contributed by atoms with Gasteiger partial charge < -0.3 is 4.90 Å². The highest BCUT2D eigenvalue weighted by molar-refractivity contribution is 7.92. The second kappa shape index (κ2) is 7.00. The van der Waals surface area contributed by atoms with Crippen molar-refractivity contribution in [3.05, 3.63) is 53.1 Å². The molecule has 0 saturated heterocycles. The molecule has 27 heavy (non-hydrogen) atoms. The molecule has 1 heterocycles. The third-order valence-corrected chi connectivity index (χ3v) is 5.79. The van der Waals surface area contributed by atoms with Gasteiger partial charge in [-0.2, -0.15) is 0 Å². The molecule has 1 aliphatic heterocycles. The number of rotatable bonds is 5. The lowest BCUT2D eigenvalue weighted by Crippen LogP contribution is -2.36. The molecule has 0 bridgehead atoms. The highest BCUT2D eigenvalue weighted by Crippen LogP contribution is 2.34. The van der Waals surface area contributed by atoms with Gasteiger partial charge in [-0.15, -0.1) is 0 Å². The molecule has 1 atom stereocenters. The molecule has 1 aliphatic rings. The summed E-state index contributed by atoms with van der Waals surface area (Å²) in [5.74, 6) is 0.490. The van der Waals surface area contributed by atoms with Gasteiger partial charge in [0.1, 0.15) is 0 Å². The van der Waals surface area contributed by atoms with Crippen molar-refractivity contribution >= 4 is 21.6 Å². The number of hydrogen-bond acceptors (Lipinski definition) is 3. The van der Waals surface area contributed by atoms with Crippen LogP contribution >= 0.6 is 0 Å². The number of fused-ring (bicyclic) bond motifs is 1. The summed E-state index contributed by atoms with van der Waals surface area (Å²) in [6.07, 6.45) is 1.13. The summed E-state index contributed by atoms with van der Waals surface area (Å²) in [6, 6.07) is 11.5. The summed E-state index contributed by atoms with van der Waals surface area (Å²) in [4.78, 5) is 14.8. The third kappa shape index (κ3) is 4.00. The number of carbonyl (C=O) groups excluding carboxylic acids is 1. The van der Waals surface area contributed by atoms with Gasteiger partial charge in [0.05, 0.1) is 6.26 Å². The average molecular weight is 387 g/mol. The number of nitrogens with zero attached hydrogens (tertiary/aromatic N) is 1. The highest BCUT2D eigenvalue weighted by atomic mass is 32.2. The van der Waals surface area contributed by atoms with Crippen molar-refractivity contribution < 1.29 is 13.2 Å². The van der Waals surface area contributed by atoms with Crippen LogP contribution in [0.15, 0.2) is 36.4 Å². The molecule has 0 saturated carbocycles. The summed E-state index contributed by atoms with van der Waals surface area (Å²) >= 11 is 0. The Morgan fingerprint density at radius 1 is 1.07 bits per heavy atom. The normalized spacial score (nSPS) is 15.2. The molecule has 2 aromatic carbocycles. The Balaban J connectivity index is 1.98. The van der Waals surface area contributed by atoms with Gasteiger partial charge in [0.15, 0.2) is 0 Å². The first-order valence-corrected chi connectivity index (χ1v) is 11.0. The van der Waals surface area contributed by atoms with Gasteiger partial charge in [-0.1, -0.05) is 32.0 Å². The molecule has 0 fully saturated rings. The predicted octanol–water partition coefficient (Wildman–Crippen LogP) is 4.03. The van der Waals surface area contributed by atoms with E-state index in [1.165, 1.54) is 0 Å². The predicted molar refractivity (Wildman–Crippen MR) is 109 cm³/mol. The highest BCUT2D eigenvalue weighted by Gasteiger charge is 2.33. The van der Waals surface area contributed by atoms with Gasteiger partial charge in [-0.05, 0) is 60.2 Å². The second-order valence-electron chi connectivity index (χ2n) is 7.70. The SMILES string of the molecule is Cc1cc(-c2cccc(NS(C)(=O)=O)c2)cc2c1C(=O)N([C@@H](C)C(C)C)C2. The van der Waals surface area contributed by atoms with Gasteiger partial charge in [0.25, 0.3) is 5.91 Å². The van der Waals surface area contributed by atoms with Crippen LogP contribution in [0.4, 0.5) is 5.69 Å². The van der Waals surface area contributed by atoms with Crippen LogP contribution in [-0.4, -0.2) is 31.5 Å². The Kier molecular flexibility index (Phi) is 5.04. The fraction of sp³-hybridized carbons (Fsp3) is 0.381. The number of amides is 1. The largest absolute Gasteiger partial charge is 0.331 e. The van der Waals surface area contributed by atoms with Gasteiger partial charge in [-0.3, -0.25) is 9.52 Å². The van der Waals surface area contributed by atoms with E-state index >= 15 is 0 Å². The number of nitrogens with one attached hydrogen (secondary N) is 1. The van der Waals surface area contributed by atoms with Crippen LogP contribution in [0.1, 0.15) is 42.3 Å². The topological polar surface area (TPSA) is 66.5 Å². The van der Waals surface area contributed by atoms with Crippen molar-refractivity contribution in [2.45, 2.75) is 40.3 Å². The van der Waals surface area contributed by atoms with Crippen LogP contribution in [0.3, 0.4) is 0 Å². The van der Waals surface area contributed by atoms with E-state index in [4.69, 9.17) is 0 Å². The minimum Gasteiger partial charge on any atom is -0.331 e. The summed E-state index contributed by atoms with van der Waals surface area (Å²) in [5, 5.41) is 0. The maximum absolute atomic E-state index is 12.9. The molecule has 2 aromatic rings. The Labute approximate surface area is 161 Å². The summed E-state index contributed by atoms with van der Waals surface area (Å²) in [7, 11) is -3.33. The molecular formula is C21H26N2O3S. The van der Waals surface area contributed by atoms with Crippen LogP contribution in [0.2, 0.25) is 0 Å². The molecule has 1 amide bonds. The van der Waals surface area contributed by atoms with E-state index in [1.807, 2.05) is 42.2 Å². The second-order valence-corrected chi connectivity index (χ2v) is 9.45. The molecule has 0 radical (unpaired) electrons. The maximum atomic E-state index is 12.9. The van der Waals surface area contributed by atoms with E-state index in [1.54, 1.807) is 6.07 Å². The first kappa shape index (κ1) is 19.4. The number of anilines is 1. The van der Waals surface area contributed by atoms with E-state index in [2.05, 4.69) is 25.5 Å². The molecular weight excluding hydrogens is 360 g/mol. The zero-order valence-corrected chi connectivity index (χ0v) is 17.2. The van der Waals surface area contributed by atoms with Crippen LogP contribution in [0, 0.1) is 12.8 Å². The van der Waals surface area contributed by atoms with Gasteiger partial charge >= 0.3 is 0 Å². The van der Waals surface area contributed by atoms with E-state index < -0.39 is 10.0 Å². The summed E-state index contributed by atoms with van der Waals surface area (Å²) in [5.41, 5.74) is 5.21. The summed E-state index contributed by atoms with van der Waals surface area (Å²) in [6.45, 7) is 8.91. The molecule has 144 valence electrons. The standard InChI is InChI=1S/C21H26N2O3S/c1-13(2)15(4)23-12-18-10-17(9-14(3)20(18)21(23)24)16-7-6-8-19(11-16)22-27(5,25)26/h6-11,13,15,22H,12H2,1-5H3/t15-/m0/s1. The summed E-state index contributed by atoms with van der Waals surface area (Å²) < 4.78 is 25.5. The lowest BCUT2D eigenvalue weighted by Gasteiger charge is -2.27. The minimum atomic E-state index is -3.33. The number of aryl methyl sites for hydroxylation is 1. The fourth-order valence-electron chi connectivity index (χ4n) is 3.52. The Morgan fingerprint density at radius 2 is 1.78 bits per heavy atom. The number of carbonyl (C=O) groups is 1. The van der Waals surface area contributed by atoms with Gasteiger partial charge in [0, 0.05) is 23.8 Å². The van der Waals surface area contributed by atoms with E-state index in [0.29, 0.717) is 18.2 Å². The lowest BCUT2D eigenvalue weighted by molar-refractivity contribution is 0.0672. The molecule has 0 spiro atoms. The molecule has 3 rings (SSSR count). The first-order chi connectivity index (χ1) is 12.6. The van der Waals surface area contributed by atoms with Crippen LogP contribution in [-0.2, 0) is 16.6 Å². The maximum Gasteiger partial charge on any atom is 0.255 e. The molecule has 0 aliphatic carbocycles. The van der Waals surface area contributed by atoms with Crippen molar-refractivity contribution in [3.8, 4) is 11.1 Å².